The van der Waals surface area contributed by atoms with Gasteiger partial charge < -0.3 is 15.3 Å². The van der Waals surface area contributed by atoms with Gasteiger partial charge in [0, 0.05) is 18.8 Å². The Bertz CT molecular complexity index is 352. The summed E-state index contributed by atoms with van der Waals surface area (Å²) in [5.41, 5.74) is 1.19. The van der Waals surface area contributed by atoms with Crippen LogP contribution < -0.4 is 10.2 Å². The average molecular weight is 235 g/mol. The SMILES string of the molecule is CNC(C)c1ccc(N2CCCC2CO)nc1. The summed E-state index contributed by atoms with van der Waals surface area (Å²) < 4.78 is 0. The fourth-order valence-corrected chi connectivity index (χ4v) is 2.32. The van der Waals surface area contributed by atoms with Crippen molar-refractivity contribution in [3.8, 4) is 0 Å². The van der Waals surface area contributed by atoms with Crippen LogP contribution in [0.15, 0.2) is 18.3 Å². The van der Waals surface area contributed by atoms with E-state index in [0.717, 1.165) is 25.2 Å². The zero-order valence-electron chi connectivity index (χ0n) is 10.6. The summed E-state index contributed by atoms with van der Waals surface area (Å²) in [5, 5.41) is 12.5. The first-order valence-corrected chi connectivity index (χ1v) is 6.27. The summed E-state index contributed by atoms with van der Waals surface area (Å²) in [5.74, 6) is 0.980. The highest BCUT2D eigenvalue weighted by Crippen LogP contribution is 2.24. The molecule has 0 radical (unpaired) electrons. The van der Waals surface area contributed by atoms with Crippen molar-refractivity contribution in [2.24, 2.45) is 0 Å². The van der Waals surface area contributed by atoms with Gasteiger partial charge in [0.25, 0.3) is 0 Å². The molecule has 2 heterocycles. The van der Waals surface area contributed by atoms with E-state index in [1.165, 1.54) is 5.56 Å². The van der Waals surface area contributed by atoms with E-state index >= 15 is 0 Å². The zero-order valence-corrected chi connectivity index (χ0v) is 10.6. The molecule has 0 saturated carbocycles. The van der Waals surface area contributed by atoms with E-state index in [0.29, 0.717) is 6.04 Å². The van der Waals surface area contributed by atoms with E-state index in [9.17, 15) is 5.11 Å². The van der Waals surface area contributed by atoms with Crippen molar-refractivity contribution in [2.75, 3.05) is 25.1 Å². The summed E-state index contributed by atoms with van der Waals surface area (Å²) in [6.45, 7) is 3.33. The molecular formula is C13H21N3O. The fraction of sp³-hybridized carbons (Fsp3) is 0.615. The number of aromatic nitrogens is 1. The molecule has 1 aliphatic rings. The number of nitrogens with one attached hydrogen (secondary N) is 1. The predicted octanol–water partition coefficient (Wildman–Crippen LogP) is 1.32. The number of pyridine rings is 1. The summed E-state index contributed by atoms with van der Waals surface area (Å²) in [4.78, 5) is 6.70. The Hall–Kier alpha value is -1.13. The lowest BCUT2D eigenvalue weighted by atomic mass is 10.1. The predicted molar refractivity (Wildman–Crippen MR) is 69.2 cm³/mol. The Morgan fingerprint density at radius 2 is 2.41 bits per heavy atom. The first-order valence-electron chi connectivity index (χ1n) is 6.27. The van der Waals surface area contributed by atoms with Crippen LogP contribution in [0.5, 0.6) is 0 Å². The highest BCUT2D eigenvalue weighted by atomic mass is 16.3. The molecular weight excluding hydrogens is 214 g/mol. The Morgan fingerprint density at radius 1 is 1.59 bits per heavy atom. The molecule has 94 valence electrons. The molecule has 0 amide bonds. The number of hydrogen-bond acceptors (Lipinski definition) is 4. The van der Waals surface area contributed by atoms with Gasteiger partial charge in [-0.3, -0.25) is 0 Å². The van der Waals surface area contributed by atoms with E-state index in [-0.39, 0.29) is 12.6 Å². The maximum atomic E-state index is 9.30. The van der Waals surface area contributed by atoms with Crippen molar-refractivity contribution < 1.29 is 5.11 Å². The Morgan fingerprint density at radius 3 is 3.00 bits per heavy atom. The molecule has 0 bridgehead atoms. The van der Waals surface area contributed by atoms with Gasteiger partial charge in [-0.05, 0) is 38.4 Å². The maximum Gasteiger partial charge on any atom is 0.128 e. The number of rotatable bonds is 4. The maximum absolute atomic E-state index is 9.30. The van der Waals surface area contributed by atoms with E-state index in [1.807, 2.05) is 13.2 Å². The second kappa shape index (κ2) is 5.47. The molecule has 4 nitrogen and oxygen atoms in total. The highest BCUT2D eigenvalue weighted by Gasteiger charge is 2.24. The van der Waals surface area contributed by atoms with Crippen LogP contribution in [-0.4, -0.2) is 36.3 Å². The van der Waals surface area contributed by atoms with Crippen LogP contribution in [0.25, 0.3) is 0 Å². The second-order valence-electron chi connectivity index (χ2n) is 4.63. The van der Waals surface area contributed by atoms with Gasteiger partial charge in [-0.1, -0.05) is 6.07 Å². The van der Waals surface area contributed by atoms with Crippen molar-refractivity contribution in [3.63, 3.8) is 0 Å². The van der Waals surface area contributed by atoms with Crippen LogP contribution >= 0.6 is 0 Å². The van der Waals surface area contributed by atoms with Crippen molar-refractivity contribution >= 4 is 5.82 Å². The topological polar surface area (TPSA) is 48.4 Å². The molecule has 2 rings (SSSR count). The quantitative estimate of drug-likeness (QED) is 0.826. The number of nitrogens with zero attached hydrogens (tertiary/aromatic N) is 2. The minimum absolute atomic E-state index is 0.219. The molecule has 0 aliphatic carbocycles. The highest BCUT2D eigenvalue weighted by molar-refractivity contribution is 5.42. The van der Waals surface area contributed by atoms with E-state index in [1.54, 1.807) is 0 Å². The summed E-state index contributed by atoms with van der Waals surface area (Å²) in [7, 11) is 1.95. The van der Waals surface area contributed by atoms with Crippen molar-refractivity contribution in [1.29, 1.82) is 0 Å². The van der Waals surface area contributed by atoms with Crippen LogP contribution in [0, 0.1) is 0 Å². The lowest BCUT2D eigenvalue weighted by Crippen LogP contribution is -2.32. The van der Waals surface area contributed by atoms with Gasteiger partial charge >= 0.3 is 0 Å². The minimum Gasteiger partial charge on any atom is -0.394 e. The third-order valence-electron chi connectivity index (χ3n) is 3.59. The van der Waals surface area contributed by atoms with Crippen LogP contribution in [0.4, 0.5) is 5.82 Å². The Labute approximate surface area is 103 Å². The Balaban J connectivity index is 2.12. The standard InChI is InChI=1S/C13H21N3O/c1-10(14-2)11-5-6-13(15-8-11)16-7-3-4-12(16)9-17/h5-6,8,10,12,14,17H,3-4,7,9H2,1-2H3. The smallest absolute Gasteiger partial charge is 0.128 e. The number of aliphatic hydroxyl groups excluding tert-OH is 1. The first kappa shape index (κ1) is 12.3. The summed E-state index contributed by atoms with van der Waals surface area (Å²) in [6, 6.07) is 4.73. The van der Waals surface area contributed by atoms with Crippen molar-refractivity contribution in [2.45, 2.75) is 31.8 Å². The largest absolute Gasteiger partial charge is 0.394 e. The van der Waals surface area contributed by atoms with Gasteiger partial charge in [0.15, 0.2) is 0 Å². The van der Waals surface area contributed by atoms with Crippen LogP contribution in [0.1, 0.15) is 31.4 Å². The molecule has 2 atom stereocenters. The first-order chi connectivity index (χ1) is 8.26. The number of hydrogen-bond donors (Lipinski definition) is 2. The van der Waals surface area contributed by atoms with E-state index in [4.69, 9.17) is 0 Å². The molecule has 1 aliphatic heterocycles. The normalized spacial score (nSPS) is 21.8. The van der Waals surface area contributed by atoms with Gasteiger partial charge in [0.1, 0.15) is 5.82 Å². The molecule has 0 aromatic carbocycles. The van der Waals surface area contributed by atoms with E-state index in [2.05, 4.69) is 34.3 Å². The summed E-state index contributed by atoms with van der Waals surface area (Å²) in [6.07, 6.45) is 4.12. The van der Waals surface area contributed by atoms with Gasteiger partial charge in [0.05, 0.1) is 12.6 Å². The van der Waals surface area contributed by atoms with Crippen molar-refractivity contribution in [3.05, 3.63) is 23.9 Å². The van der Waals surface area contributed by atoms with Gasteiger partial charge in [-0.15, -0.1) is 0 Å². The van der Waals surface area contributed by atoms with Crippen LogP contribution in [0.2, 0.25) is 0 Å². The van der Waals surface area contributed by atoms with Crippen LogP contribution in [-0.2, 0) is 0 Å². The third-order valence-corrected chi connectivity index (χ3v) is 3.59. The molecule has 17 heavy (non-hydrogen) atoms. The van der Waals surface area contributed by atoms with E-state index < -0.39 is 0 Å². The number of anilines is 1. The lowest BCUT2D eigenvalue weighted by Gasteiger charge is -2.24. The molecule has 2 N–H and O–H groups in total. The zero-order chi connectivity index (χ0) is 12.3. The van der Waals surface area contributed by atoms with Crippen molar-refractivity contribution in [1.82, 2.24) is 10.3 Å². The van der Waals surface area contributed by atoms with Gasteiger partial charge in [0.2, 0.25) is 0 Å². The molecule has 1 aromatic rings. The van der Waals surface area contributed by atoms with Gasteiger partial charge in [-0.25, -0.2) is 4.98 Å². The van der Waals surface area contributed by atoms with Crippen LogP contribution in [0.3, 0.4) is 0 Å². The monoisotopic (exact) mass is 235 g/mol. The minimum atomic E-state index is 0.219. The Kier molecular flexibility index (Phi) is 3.97. The molecule has 2 unspecified atom stereocenters. The third kappa shape index (κ3) is 2.58. The average Bonchev–Trinajstić information content (AvgIpc) is 2.86. The number of aliphatic hydroxyl groups is 1. The summed E-state index contributed by atoms with van der Waals surface area (Å²) >= 11 is 0. The molecule has 0 spiro atoms. The molecule has 1 fully saturated rings. The van der Waals surface area contributed by atoms with Gasteiger partial charge in [-0.2, -0.15) is 0 Å². The molecule has 1 saturated heterocycles. The molecule has 1 aromatic heterocycles. The molecule has 4 heteroatoms. The fourth-order valence-electron chi connectivity index (χ4n) is 2.32. The second-order valence-corrected chi connectivity index (χ2v) is 4.63. The lowest BCUT2D eigenvalue weighted by molar-refractivity contribution is 0.266.